The molecule has 0 aliphatic heterocycles. The average molecular weight is 291 g/mol. The topological polar surface area (TPSA) is 52.3 Å². The molecule has 0 spiro atoms. The molecular formula is C14H14NO2PS. The Morgan fingerprint density at radius 3 is 1.79 bits per heavy atom. The number of nitrogens with two attached hydrogens (primary N) is 1. The molecular weight excluding hydrogens is 277 g/mol. The van der Waals surface area contributed by atoms with Crippen LogP contribution in [0.25, 0.3) is 0 Å². The van der Waals surface area contributed by atoms with E-state index in [4.69, 9.17) is 22.1 Å². The molecule has 0 saturated heterocycles. The van der Waals surface area contributed by atoms with Gasteiger partial charge in [0.2, 0.25) is 0 Å². The van der Waals surface area contributed by atoms with Crippen LogP contribution in [0.5, 0.6) is 0 Å². The summed E-state index contributed by atoms with van der Waals surface area (Å²) in [6.45, 7) is -0.169. The quantitative estimate of drug-likeness (QED) is 0.868. The first-order chi connectivity index (χ1) is 9.16. The second-order valence-electron chi connectivity index (χ2n) is 3.89. The van der Waals surface area contributed by atoms with Crippen LogP contribution in [0.1, 0.15) is 0 Å². The lowest BCUT2D eigenvalue weighted by molar-refractivity contribution is -0.131. The molecule has 0 heterocycles. The van der Waals surface area contributed by atoms with Gasteiger partial charge in [0.1, 0.15) is 0 Å². The van der Waals surface area contributed by atoms with Crippen molar-refractivity contribution < 1.29 is 9.32 Å². The number of rotatable bonds is 4. The zero-order valence-corrected chi connectivity index (χ0v) is 11.9. The van der Waals surface area contributed by atoms with Crippen molar-refractivity contribution in [3.63, 3.8) is 0 Å². The van der Waals surface area contributed by atoms with Gasteiger partial charge in [0.25, 0.3) is 0 Å². The van der Waals surface area contributed by atoms with Crippen molar-refractivity contribution in [2.45, 2.75) is 0 Å². The Labute approximate surface area is 117 Å². The van der Waals surface area contributed by atoms with Gasteiger partial charge < -0.3 is 10.3 Å². The van der Waals surface area contributed by atoms with Crippen LogP contribution < -0.4 is 16.3 Å². The highest BCUT2D eigenvalue weighted by atomic mass is 32.4. The monoisotopic (exact) mass is 291 g/mol. The summed E-state index contributed by atoms with van der Waals surface area (Å²) in [5, 5.41) is 1.69. The smallest absolute Gasteiger partial charge is 0.323 e. The molecule has 2 N–H and O–H groups in total. The SMILES string of the molecule is NCC(=O)OP(=S)(c1ccccc1)c1ccccc1. The molecule has 0 fully saturated rings. The van der Waals surface area contributed by atoms with Crippen LogP contribution in [0.3, 0.4) is 0 Å². The molecule has 5 heteroatoms. The summed E-state index contributed by atoms with van der Waals surface area (Å²) >= 11 is 5.69. The van der Waals surface area contributed by atoms with E-state index in [1.807, 2.05) is 60.7 Å². The molecule has 2 aromatic carbocycles. The molecule has 19 heavy (non-hydrogen) atoms. The van der Waals surface area contributed by atoms with Crippen LogP contribution in [0.2, 0.25) is 0 Å². The number of carbonyl (C=O) groups is 1. The number of hydrogen-bond donors (Lipinski definition) is 1. The van der Waals surface area contributed by atoms with Crippen LogP contribution in [-0.2, 0) is 21.1 Å². The fraction of sp³-hybridized carbons (Fsp3) is 0.0714. The van der Waals surface area contributed by atoms with E-state index in [9.17, 15) is 4.79 Å². The van der Waals surface area contributed by atoms with E-state index in [1.54, 1.807) is 0 Å². The highest BCUT2D eigenvalue weighted by molar-refractivity contribution is 8.19. The highest BCUT2D eigenvalue weighted by Crippen LogP contribution is 2.44. The molecule has 0 aliphatic carbocycles. The maximum atomic E-state index is 11.6. The predicted molar refractivity (Wildman–Crippen MR) is 81.6 cm³/mol. The van der Waals surface area contributed by atoms with Gasteiger partial charge in [0.15, 0.2) is 6.26 Å². The van der Waals surface area contributed by atoms with Gasteiger partial charge in [0.05, 0.1) is 6.54 Å². The second kappa shape index (κ2) is 6.11. The first-order valence-corrected chi connectivity index (χ1v) is 8.52. The largest absolute Gasteiger partial charge is 0.427 e. The summed E-state index contributed by atoms with van der Waals surface area (Å²) in [6, 6.07) is 18.9. The lowest BCUT2D eigenvalue weighted by atomic mass is 10.4. The molecule has 0 bridgehead atoms. The Morgan fingerprint density at radius 2 is 1.42 bits per heavy atom. The van der Waals surface area contributed by atoms with Crippen molar-refractivity contribution in [3.8, 4) is 0 Å². The van der Waals surface area contributed by atoms with E-state index >= 15 is 0 Å². The standard InChI is InChI=1S/C14H14NO2PS/c15-11-14(16)17-18(19,12-7-3-1-4-8-12)13-9-5-2-6-10-13/h1-10H,11,15H2. The van der Waals surface area contributed by atoms with Gasteiger partial charge >= 0.3 is 5.97 Å². The summed E-state index contributed by atoms with van der Waals surface area (Å²) in [4.78, 5) is 11.6. The number of benzene rings is 2. The third kappa shape index (κ3) is 3.10. The van der Waals surface area contributed by atoms with Gasteiger partial charge in [-0.15, -0.1) is 0 Å². The van der Waals surface area contributed by atoms with Gasteiger partial charge in [-0.2, -0.15) is 0 Å². The van der Waals surface area contributed by atoms with Crippen molar-refractivity contribution in [2.24, 2.45) is 5.73 Å². The Bertz CT molecular complexity index is 558. The molecule has 0 aliphatic rings. The first-order valence-electron chi connectivity index (χ1n) is 5.80. The fourth-order valence-electron chi connectivity index (χ4n) is 1.68. The van der Waals surface area contributed by atoms with Crippen LogP contribution >= 0.6 is 6.26 Å². The maximum Gasteiger partial charge on any atom is 0.323 e. The Hall–Kier alpha value is -1.48. The average Bonchev–Trinajstić information content (AvgIpc) is 2.48. The van der Waals surface area contributed by atoms with Crippen LogP contribution in [0, 0.1) is 0 Å². The second-order valence-corrected chi connectivity index (χ2v) is 7.75. The third-order valence-corrected chi connectivity index (χ3v) is 6.49. The first kappa shape index (κ1) is 13.9. The number of hydrogen-bond acceptors (Lipinski definition) is 4. The van der Waals surface area contributed by atoms with Crippen LogP contribution in [0.4, 0.5) is 0 Å². The van der Waals surface area contributed by atoms with E-state index in [1.165, 1.54) is 0 Å². The molecule has 0 amide bonds. The van der Waals surface area contributed by atoms with E-state index < -0.39 is 12.2 Å². The van der Waals surface area contributed by atoms with Gasteiger partial charge in [-0.25, -0.2) is 0 Å². The molecule has 0 atom stereocenters. The van der Waals surface area contributed by atoms with Crippen molar-refractivity contribution >= 4 is 34.6 Å². The van der Waals surface area contributed by atoms with Crippen LogP contribution in [-0.4, -0.2) is 12.5 Å². The summed E-state index contributed by atoms with van der Waals surface area (Å²) in [7, 11) is 0. The lowest BCUT2D eigenvalue weighted by Crippen LogP contribution is -2.24. The summed E-state index contributed by atoms with van der Waals surface area (Å²) in [5.74, 6) is -0.476. The normalized spacial score (nSPS) is 11.0. The highest BCUT2D eigenvalue weighted by Gasteiger charge is 2.26. The van der Waals surface area contributed by atoms with Gasteiger partial charge in [0, 0.05) is 10.6 Å². The molecule has 2 rings (SSSR count). The van der Waals surface area contributed by atoms with E-state index in [0.717, 1.165) is 10.6 Å². The summed E-state index contributed by atoms with van der Waals surface area (Å²) in [5.41, 5.74) is 5.33. The molecule has 0 aromatic heterocycles. The minimum Gasteiger partial charge on any atom is -0.427 e. The summed E-state index contributed by atoms with van der Waals surface area (Å²) in [6.07, 6.45) is -2.59. The molecule has 0 radical (unpaired) electrons. The molecule has 98 valence electrons. The van der Waals surface area contributed by atoms with Crippen molar-refractivity contribution in [1.29, 1.82) is 0 Å². The van der Waals surface area contributed by atoms with Gasteiger partial charge in [-0.3, -0.25) is 4.79 Å². The van der Waals surface area contributed by atoms with E-state index in [0.29, 0.717) is 0 Å². The van der Waals surface area contributed by atoms with Crippen molar-refractivity contribution in [2.75, 3.05) is 6.54 Å². The van der Waals surface area contributed by atoms with Gasteiger partial charge in [-0.05, 0) is 11.8 Å². The maximum absolute atomic E-state index is 11.6. The zero-order valence-electron chi connectivity index (χ0n) is 10.2. The zero-order chi connectivity index (χ0) is 13.7. The lowest BCUT2D eigenvalue weighted by Gasteiger charge is -2.22. The van der Waals surface area contributed by atoms with E-state index in [2.05, 4.69) is 0 Å². The number of carbonyl (C=O) groups excluding carboxylic acids is 1. The summed E-state index contributed by atoms with van der Waals surface area (Å²) < 4.78 is 5.52. The Balaban J connectivity index is 2.51. The predicted octanol–water partition coefficient (Wildman–Crippen LogP) is 1.53. The Morgan fingerprint density at radius 1 is 1.00 bits per heavy atom. The molecule has 0 unspecified atom stereocenters. The Kier molecular flexibility index (Phi) is 4.48. The van der Waals surface area contributed by atoms with Crippen LogP contribution in [0.15, 0.2) is 60.7 Å². The van der Waals surface area contributed by atoms with E-state index in [-0.39, 0.29) is 6.54 Å². The minimum absolute atomic E-state index is 0.169. The van der Waals surface area contributed by atoms with Gasteiger partial charge in [-0.1, -0.05) is 60.7 Å². The minimum atomic E-state index is -2.59. The fourth-order valence-corrected chi connectivity index (χ4v) is 4.66. The molecule has 2 aromatic rings. The molecule has 0 saturated carbocycles. The van der Waals surface area contributed by atoms with Crippen molar-refractivity contribution in [1.82, 2.24) is 0 Å². The third-order valence-electron chi connectivity index (χ3n) is 2.59. The van der Waals surface area contributed by atoms with Crippen molar-refractivity contribution in [3.05, 3.63) is 60.7 Å². The molecule has 3 nitrogen and oxygen atoms in total.